The van der Waals surface area contributed by atoms with Gasteiger partial charge in [0.1, 0.15) is 15.8 Å². The van der Waals surface area contributed by atoms with E-state index in [0.717, 1.165) is 0 Å². The Kier molecular flexibility index (Phi) is 2.75. The van der Waals surface area contributed by atoms with Crippen LogP contribution in [-0.4, -0.2) is 31.0 Å². The molecular weight excluding hydrogens is 312 g/mol. The third-order valence-electron chi connectivity index (χ3n) is 2.58. The Hall–Kier alpha value is -2.28. The van der Waals surface area contributed by atoms with Crippen LogP contribution in [0.25, 0.3) is 22.4 Å². The van der Waals surface area contributed by atoms with Crippen LogP contribution in [0.4, 0.5) is 0 Å². The fourth-order valence-electron chi connectivity index (χ4n) is 1.77. The Bertz CT molecular complexity index is 784. The number of carboxylic acid groups (broad SMARTS) is 1. The van der Waals surface area contributed by atoms with Crippen molar-refractivity contribution in [1.82, 2.24) is 19.9 Å². The van der Waals surface area contributed by atoms with E-state index in [-0.39, 0.29) is 5.69 Å². The van der Waals surface area contributed by atoms with E-state index in [4.69, 9.17) is 5.11 Å². The van der Waals surface area contributed by atoms with Crippen molar-refractivity contribution in [2.24, 2.45) is 0 Å². The lowest BCUT2D eigenvalue weighted by molar-refractivity contribution is 0.0691. The fourth-order valence-corrected chi connectivity index (χ4v) is 2.12. The molecule has 0 aliphatic heterocycles. The van der Waals surface area contributed by atoms with Crippen molar-refractivity contribution in [3.05, 3.63) is 40.9 Å². The maximum atomic E-state index is 11.1. The Morgan fingerprint density at radius 1 is 1.32 bits per heavy atom. The van der Waals surface area contributed by atoms with Gasteiger partial charge in [-0.2, -0.15) is 0 Å². The molecule has 0 bridgehead atoms. The molecule has 7 heteroatoms. The molecule has 3 rings (SSSR count). The van der Waals surface area contributed by atoms with Gasteiger partial charge in [0.25, 0.3) is 0 Å². The number of nitrogens with one attached hydrogen (secondary N) is 1. The summed E-state index contributed by atoms with van der Waals surface area (Å²) in [5.41, 5.74) is 2.17. The van der Waals surface area contributed by atoms with Crippen molar-refractivity contribution in [3.63, 3.8) is 0 Å². The minimum Gasteiger partial charge on any atom is -0.477 e. The van der Waals surface area contributed by atoms with Crippen LogP contribution in [0.3, 0.4) is 0 Å². The second-order valence-corrected chi connectivity index (χ2v) is 4.62. The molecular formula is C12H7BrN4O2. The van der Waals surface area contributed by atoms with Crippen molar-refractivity contribution in [2.45, 2.75) is 0 Å². The Balaban J connectivity index is 2.32. The number of aromatic carboxylic acids is 1. The van der Waals surface area contributed by atoms with Crippen LogP contribution in [0, 0.1) is 0 Å². The van der Waals surface area contributed by atoms with E-state index >= 15 is 0 Å². The number of hydrogen-bond acceptors (Lipinski definition) is 4. The second kappa shape index (κ2) is 4.43. The molecule has 6 nitrogen and oxygen atoms in total. The molecule has 2 N–H and O–H groups in total. The molecule has 0 saturated carbocycles. The first kappa shape index (κ1) is 11.8. The minimum absolute atomic E-state index is 0.0477. The lowest BCUT2D eigenvalue weighted by Crippen LogP contribution is -2.02. The molecule has 0 aliphatic rings. The summed E-state index contributed by atoms with van der Waals surface area (Å²) in [6, 6.07) is 6.80. The lowest BCUT2D eigenvalue weighted by Gasteiger charge is -2.03. The highest BCUT2D eigenvalue weighted by molar-refractivity contribution is 9.10. The molecule has 19 heavy (non-hydrogen) atoms. The Labute approximate surface area is 115 Å². The molecule has 0 aliphatic carbocycles. The van der Waals surface area contributed by atoms with Crippen LogP contribution in [0.1, 0.15) is 10.5 Å². The summed E-state index contributed by atoms with van der Waals surface area (Å²) in [7, 11) is 0. The number of H-pyrrole nitrogens is 1. The van der Waals surface area contributed by atoms with Crippen molar-refractivity contribution in [1.29, 1.82) is 0 Å². The van der Waals surface area contributed by atoms with Crippen molar-refractivity contribution >= 4 is 32.9 Å². The number of aromatic nitrogens is 4. The molecule has 0 atom stereocenters. The summed E-state index contributed by atoms with van der Waals surface area (Å²) < 4.78 is 0.649. The monoisotopic (exact) mass is 318 g/mol. The molecule has 0 saturated heterocycles. The SMILES string of the molecule is O=C(O)c1cc2[nH]cnc2c(-c2cccc(Br)n2)n1. The predicted molar refractivity (Wildman–Crippen MR) is 71.8 cm³/mol. The van der Waals surface area contributed by atoms with Crippen molar-refractivity contribution < 1.29 is 9.90 Å². The largest absolute Gasteiger partial charge is 0.477 e. The number of fused-ring (bicyclic) bond motifs is 1. The Morgan fingerprint density at radius 3 is 2.89 bits per heavy atom. The van der Waals surface area contributed by atoms with Crippen molar-refractivity contribution in [2.75, 3.05) is 0 Å². The van der Waals surface area contributed by atoms with Gasteiger partial charge in [-0.25, -0.2) is 19.7 Å². The van der Waals surface area contributed by atoms with Gasteiger partial charge >= 0.3 is 5.97 Å². The van der Waals surface area contributed by atoms with Crippen molar-refractivity contribution in [3.8, 4) is 11.4 Å². The van der Waals surface area contributed by atoms with E-state index in [0.29, 0.717) is 27.0 Å². The summed E-state index contributed by atoms with van der Waals surface area (Å²) in [5, 5.41) is 9.08. The highest BCUT2D eigenvalue weighted by Crippen LogP contribution is 2.25. The number of aromatic amines is 1. The quantitative estimate of drug-likeness (QED) is 0.708. The van der Waals surface area contributed by atoms with E-state index in [2.05, 4.69) is 35.9 Å². The zero-order valence-corrected chi connectivity index (χ0v) is 11.0. The number of nitrogens with zero attached hydrogens (tertiary/aromatic N) is 3. The third kappa shape index (κ3) is 2.08. The standard InChI is InChI=1S/C12H7BrN4O2/c13-9-3-1-2-6(16-9)11-10-7(14-5-15-10)4-8(17-11)12(18)19/h1-5H,(H,14,15)(H,18,19). The maximum Gasteiger partial charge on any atom is 0.354 e. The van der Waals surface area contributed by atoms with Crippen LogP contribution in [-0.2, 0) is 0 Å². The highest BCUT2D eigenvalue weighted by Gasteiger charge is 2.15. The average Bonchev–Trinajstić information content (AvgIpc) is 2.85. The van der Waals surface area contributed by atoms with Gasteiger partial charge in [-0.3, -0.25) is 0 Å². The third-order valence-corrected chi connectivity index (χ3v) is 3.02. The smallest absolute Gasteiger partial charge is 0.354 e. The van der Waals surface area contributed by atoms with Gasteiger partial charge < -0.3 is 10.1 Å². The van der Waals surface area contributed by atoms with E-state index in [1.807, 2.05) is 0 Å². The van der Waals surface area contributed by atoms with Gasteiger partial charge in [0.05, 0.1) is 17.5 Å². The van der Waals surface area contributed by atoms with Gasteiger partial charge in [-0.05, 0) is 34.1 Å². The van der Waals surface area contributed by atoms with Gasteiger partial charge in [0, 0.05) is 0 Å². The van der Waals surface area contributed by atoms with Crippen LogP contribution < -0.4 is 0 Å². The molecule has 0 fully saturated rings. The molecule has 0 amide bonds. The maximum absolute atomic E-state index is 11.1. The number of carbonyl (C=O) groups is 1. The normalized spacial score (nSPS) is 10.8. The summed E-state index contributed by atoms with van der Waals surface area (Å²) in [5.74, 6) is -1.09. The molecule has 3 aromatic rings. The summed E-state index contributed by atoms with van der Waals surface area (Å²) >= 11 is 3.28. The predicted octanol–water partition coefficient (Wildman–Crippen LogP) is 2.48. The van der Waals surface area contributed by atoms with Crippen LogP contribution in [0.2, 0.25) is 0 Å². The van der Waals surface area contributed by atoms with Gasteiger partial charge in [0.2, 0.25) is 0 Å². The van der Waals surface area contributed by atoms with E-state index in [9.17, 15) is 4.79 Å². The van der Waals surface area contributed by atoms with Gasteiger partial charge in [0.15, 0.2) is 5.69 Å². The van der Waals surface area contributed by atoms with E-state index in [1.165, 1.54) is 12.4 Å². The Morgan fingerprint density at radius 2 is 2.16 bits per heavy atom. The molecule has 94 valence electrons. The summed E-state index contributed by atoms with van der Waals surface area (Å²) in [4.78, 5) is 26.5. The molecule has 0 radical (unpaired) electrons. The topological polar surface area (TPSA) is 91.8 Å². The zero-order chi connectivity index (χ0) is 13.4. The number of imidazole rings is 1. The van der Waals surface area contributed by atoms with E-state index < -0.39 is 5.97 Å². The summed E-state index contributed by atoms with van der Waals surface area (Å²) in [6.07, 6.45) is 1.50. The minimum atomic E-state index is -1.09. The molecule has 0 spiro atoms. The highest BCUT2D eigenvalue weighted by atomic mass is 79.9. The molecule has 0 unspecified atom stereocenters. The fraction of sp³-hybridized carbons (Fsp3) is 0. The van der Waals surface area contributed by atoms with Crippen LogP contribution in [0.5, 0.6) is 0 Å². The summed E-state index contributed by atoms with van der Waals surface area (Å²) in [6.45, 7) is 0. The van der Waals surface area contributed by atoms with E-state index in [1.54, 1.807) is 18.2 Å². The number of halogens is 1. The zero-order valence-electron chi connectivity index (χ0n) is 9.46. The number of carboxylic acids is 1. The molecule has 0 aromatic carbocycles. The first-order valence-electron chi connectivity index (χ1n) is 5.35. The lowest BCUT2D eigenvalue weighted by atomic mass is 10.2. The van der Waals surface area contributed by atoms with Gasteiger partial charge in [-0.15, -0.1) is 0 Å². The first-order chi connectivity index (χ1) is 9.15. The number of hydrogen-bond donors (Lipinski definition) is 2. The first-order valence-corrected chi connectivity index (χ1v) is 6.15. The second-order valence-electron chi connectivity index (χ2n) is 3.81. The number of rotatable bonds is 2. The van der Waals surface area contributed by atoms with Crippen LogP contribution >= 0.6 is 15.9 Å². The molecule has 3 heterocycles. The number of pyridine rings is 2. The van der Waals surface area contributed by atoms with Crippen LogP contribution in [0.15, 0.2) is 35.2 Å². The van der Waals surface area contributed by atoms with Gasteiger partial charge in [-0.1, -0.05) is 6.07 Å². The molecule has 3 aromatic heterocycles. The average molecular weight is 319 g/mol.